The van der Waals surface area contributed by atoms with Crippen LogP contribution in [0, 0.1) is 0 Å². The van der Waals surface area contributed by atoms with Gasteiger partial charge in [0.1, 0.15) is 16.2 Å². The van der Waals surface area contributed by atoms with Crippen LogP contribution in [0.1, 0.15) is 12.6 Å². The summed E-state index contributed by atoms with van der Waals surface area (Å²) in [6.45, 7) is 2.65. The summed E-state index contributed by atoms with van der Waals surface area (Å²) >= 11 is 0. The highest BCUT2D eigenvalue weighted by molar-refractivity contribution is 7.90. The van der Waals surface area contributed by atoms with Crippen LogP contribution in [0.5, 0.6) is 5.88 Å². The van der Waals surface area contributed by atoms with Gasteiger partial charge in [-0.15, -0.1) is 0 Å². The fourth-order valence-electron chi connectivity index (χ4n) is 1.70. The van der Waals surface area contributed by atoms with E-state index in [9.17, 15) is 8.42 Å². The summed E-state index contributed by atoms with van der Waals surface area (Å²) in [5.74, 6) is 0.572. The molecule has 1 heterocycles. The first-order valence-electron chi connectivity index (χ1n) is 5.70. The average molecular weight is 273 g/mol. The van der Waals surface area contributed by atoms with Gasteiger partial charge in [0.25, 0.3) is 0 Å². The molecular formula is C11H19N3O3S. The Morgan fingerprint density at radius 1 is 1.44 bits per heavy atom. The predicted octanol–water partition coefficient (Wildman–Crippen LogP) is 0.0504. The number of ether oxygens (including phenoxy) is 1. The van der Waals surface area contributed by atoms with Crippen LogP contribution in [-0.2, 0) is 16.3 Å². The van der Waals surface area contributed by atoms with Crippen LogP contribution in [0.4, 0.5) is 0 Å². The minimum absolute atomic E-state index is 0.0904. The summed E-state index contributed by atoms with van der Waals surface area (Å²) < 4.78 is 27.7. The quantitative estimate of drug-likeness (QED) is 0.756. The van der Waals surface area contributed by atoms with Crippen LogP contribution in [-0.4, -0.2) is 50.1 Å². The Kier molecular flexibility index (Phi) is 5.49. The lowest BCUT2D eigenvalue weighted by Crippen LogP contribution is -2.37. The van der Waals surface area contributed by atoms with Gasteiger partial charge in [0.15, 0.2) is 0 Å². The van der Waals surface area contributed by atoms with Gasteiger partial charge >= 0.3 is 0 Å². The number of aromatic nitrogens is 2. The Balaban J connectivity index is 2.75. The van der Waals surface area contributed by atoms with Crippen LogP contribution in [0.2, 0.25) is 0 Å². The Hall–Kier alpha value is -1.21. The Labute approximate surface area is 108 Å². The zero-order valence-corrected chi connectivity index (χ0v) is 11.7. The van der Waals surface area contributed by atoms with E-state index in [0.29, 0.717) is 18.8 Å². The summed E-state index contributed by atoms with van der Waals surface area (Å²) in [6, 6.07) is 1.57. The van der Waals surface area contributed by atoms with Crippen molar-refractivity contribution in [3.8, 4) is 5.88 Å². The molecule has 7 heteroatoms. The fourth-order valence-corrected chi connectivity index (χ4v) is 2.66. The molecule has 0 aromatic carbocycles. The maximum atomic E-state index is 11.3. The molecule has 0 amide bonds. The maximum Gasteiger partial charge on any atom is 0.216 e. The maximum absolute atomic E-state index is 11.3. The molecule has 1 unspecified atom stereocenters. The van der Waals surface area contributed by atoms with Gasteiger partial charge in [0.05, 0.1) is 12.9 Å². The van der Waals surface area contributed by atoms with Crippen molar-refractivity contribution in [3.05, 3.63) is 18.1 Å². The van der Waals surface area contributed by atoms with Gasteiger partial charge in [-0.1, -0.05) is 6.92 Å². The molecule has 1 aromatic heterocycles. The Bertz CT molecular complexity index is 476. The molecule has 1 rings (SSSR count). The number of sulfone groups is 1. The molecule has 0 saturated carbocycles. The highest BCUT2D eigenvalue weighted by Gasteiger charge is 2.16. The summed E-state index contributed by atoms with van der Waals surface area (Å²) in [7, 11) is -1.49. The van der Waals surface area contributed by atoms with E-state index in [0.717, 1.165) is 5.69 Å². The van der Waals surface area contributed by atoms with Crippen LogP contribution in [0.3, 0.4) is 0 Å². The molecule has 0 aliphatic rings. The monoisotopic (exact) mass is 273 g/mol. The van der Waals surface area contributed by atoms with E-state index in [-0.39, 0.29) is 11.8 Å². The van der Waals surface area contributed by atoms with E-state index < -0.39 is 9.84 Å². The molecule has 0 spiro atoms. The number of methoxy groups -OCH3 is 1. The van der Waals surface area contributed by atoms with Gasteiger partial charge in [-0.2, -0.15) is 0 Å². The average Bonchev–Trinajstić information content (AvgIpc) is 2.27. The SMILES string of the molecule is CCNC(Cc1cc(OC)ncn1)CS(C)(=O)=O. The smallest absolute Gasteiger partial charge is 0.216 e. The van der Waals surface area contributed by atoms with Crippen molar-refractivity contribution in [3.63, 3.8) is 0 Å². The molecule has 1 aromatic rings. The second kappa shape index (κ2) is 6.65. The van der Waals surface area contributed by atoms with Crippen molar-refractivity contribution in [1.82, 2.24) is 15.3 Å². The van der Waals surface area contributed by atoms with Gasteiger partial charge < -0.3 is 10.1 Å². The van der Waals surface area contributed by atoms with Crippen molar-refractivity contribution in [2.45, 2.75) is 19.4 Å². The Morgan fingerprint density at radius 2 is 2.17 bits per heavy atom. The molecule has 0 aliphatic heterocycles. The first-order valence-corrected chi connectivity index (χ1v) is 7.76. The standard InChI is InChI=1S/C11H19N3O3S/c1-4-12-10(7-18(3,15)16)5-9-6-11(17-2)14-8-13-9/h6,8,10,12H,4-5,7H2,1-3H3. The molecule has 0 bridgehead atoms. The lowest BCUT2D eigenvalue weighted by atomic mass is 10.2. The summed E-state index contributed by atoms with van der Waals surface area (Å²) in [5.41, 5.74) is 0.761. The number of nitrogens with zero attached hydrogens (tertiary/aromatic N) is 2. The van der Waals surface area contributed by atoms with E-state index in [1.165, 1.54) is 19.7 Å². The van der Waals surface area contributed by atoms with Crippen molar-refractivity contribution >= 4 is 9.84 Å². The van der Waals surface area contributed by atoms with Gasteiger partial charge in [0.2, 0.25) is 5.88 Å². The zero-order valence-electron chi connectivity index (χ0n) is 10.9. The van der Waals surface area contributed by atoms with Crippen molar-refractivity contribution in [1.29, 1.82) is 0 Å². The van der Waals surface area contributed by atoms with Gasteiger partial charge in [0, 0.05) is 30.5 Å². The van der Waals surface area contributed by atoms with Gasteiger partial charge in [-0.05, 0) is 6.54 Å². The third-order valence-corrected chi connectivity index (χ3v) is 3.37. The molecule has 6 nitrogen and oxygen atoms in total. The highest BCUT2D eigenvalue weighted by Crippen LogP contribution is 2.08. The van der Waals surface area contributed by atoms with E-state index in [4.69, 9.17) is 4.74 Å². The fraction of sp³-hybridized carbons (Fsp3) is 0.636. The van der Waals surface area contributed by atoms with Crippen LogP contribution >= 0.6 is 0 Å². The predicted molar refractivity (Wildman–Crippen MR) is 69.5 cm³/mol. The second-order valence-electron chi connectivity index (χ2n) is 4.10. The highest BCUT2D eigenvalue weighted by atomic mass is 32.2. The van der Waals surface area contributed by atoms with Crippen LogP contribution < -0.4 is 10.1 Å². The van der Waals surface area contributed by atoms with E-state index in [1.807, 2.05) is 6.92 Å². The first-order chi connectivity index (χ1) is 8.44. The number of hydrogen-bond donors (Lipinski definition) is 1. The summed E-state index contributed by atoms with van der Waals surface area (Å²) in [5, 5.41) is 3.14. The second-order valence-corrected chi connectivity index (χ2v) is 6.29. The minimum Gasteiger partial charge on any atom is -0.481 e. The Morgan fingerprint density at radius 3 is 2.72 bits per heavy atom. The molecule has 1 N–H and O–H groups in total. The molecular weight excluding hydrogens is 254 g/mol. The molecule has 0 aliphatic carbocycles. The first kappa shape index (κ1) is 14.8. The molecule has 1 atom stereocenters. The van der Waals surface area contributed by atoms with E-state index in [1.54, 1.807) is 6.07 Å². The summed E-state index contributed by atoms with van der Waals surface area (Å²) in [6.07, 6.45) is 3.18. The van der Waals surface area contributed by atoms with E-state index in [2.05, 4.69) is 15.3 Å². The molecule has 102 valence electrons. The lowest BCUT2D eigenvalue weighted by Gasteiger charge is -2.16. The number of nitrogens with one attached hydrogen (secondary N) is 1. The van der Waals surface area contributed by atoms with Gasteiger partial charge in [-0.3, -0.25) is 0 Å². The van der Waals surface area contributed by atoms with E-state index >= 15 is 0 Å². The number of hydrogen-bond acceptors (Lipinski definition) is 6. The normalized spacial score (nSPS) is 13.3. The van der Waals surface area contributed by atoms with Crippen molar-refractivity contribution in [2.75, 3.05) is 25.7 Å². The minimum atomic E-state index is -3.02. The summed E-state index contributed by atoms with van der Waals surface area (Å²) in [4.78, 5) is 8.03. The van der Waals surface area contributed by atoms with Gasteiger partial charge in [-0.25, -0.2) is 18.4 Å². The zero-order chi connectivity index (χ0) is 13.6. The number of likely N-dealkylation sites (N-methyl/N-ethyl adjacent to an activating group) is 1. The third-order valence-electron chi connectivity index (χ3n) is 2.36. The topological polar surface area (TPSA) is 81.2 Å². The third kappa shape index (κ3) is 5.42. The molecule has 0 saturated heterocycles. The molecule has 0 radical (unpaired) electrons. The number of rotatable bonds is 7. The molecule has 0 fully saturated rings. The lowest BCUT2D eigenvalue weighted by molar-refractivity contribution is 0.395. The molecule has 18 heavy (non-hydrogen) atoms. The van der Waals surface area contributed by atoms with Crippen LogP contribution in [0.15, 0.2) is 12.4 Å². The van der Waals surface area contributed by atoms with Crippen molar-refractivity contribution in [2.24, 2.45) is 0 Å². The van der Waals surface area contributed by atoms with Crippen LogP contribution in [0.25, 0.3) is 0 Å². The van der Waals surface area contributed by atoms with Crippen molar-refractivity contribution < 1.29 is 13.2 Å². The largest absolute Gasteiger partial charge is 0.481 e.